The summed E-state index contributed by atoms with van der Waals surface area (Å²) in [6.07, 6.45) is 1.56. The van der Waals surface area contributed by atoms with Gasteiger partial charge in [0.2, 0.25) is 0 Å². The van der Waals surface area contributed by atoms with Gasteiger partial charge in [0.25, 0.3) is 11.8 Å². The van der Waals surface area contributed by atoms with Gasteiger partial charge >= 0.3 is 0 Å². The van der Waals surface area contributed by atoms with Gasteiger partial charge in [0.1, 0.15) is 5.69 Å². The normalized spacial score (nSPS) is 10.1. The first-order valence-corrected chi connectivity index (χ1v) is 7.77. The Morgan fingerprint density at radius 1 is 0.870 bits per heavy atom. The van der Waals surface area contributed by atoms with Crippen LogP contribution >= 0.6 is 11.3 Å². The van der Waals surface area contributed by atoms with E-state index in [1.807, 2.05) is 11.4 Å². The van der Waals surface area contributed by atoms with E-state index in [-0.39, 0.29) is 11.8 Å². The summed E-state index contributed by atoms with van der Waals surface area (Å²) in [5.41, 5.74) is 1.53. The Hall–Kier alpha value is -2.99. The van der Waals surface area contributed by atoms with E-state index in [1.54, 1.807) is 54.7 Å². The lowest BCUT2D eigenvalue weighted by Gasteiger charge is -2.08. The highest BCUT2D eigenvalue weighted by molar-refractivity contribution is 7.12. The Balaban J connectivity index is 1.70. The number of thiophene rings is 1. The minimum absolute atomic E-state index is 0.173. The first-order valence-electron chi connectivity index (χ1n) is 6.90. The maximum Gasteiger partial charge on any atom is 0.274 e. The summed E-state index contributed by atoms with van der Waals surface area (Å²) in [6.45, 7) is 0. The number of nitrogens with zero attached hydrogens (tertiary/aromatic N) is 1. The maximum atomic E-state index is 12.1. The highest BCUT2D eigenvalue weighted by Gasteiger charge is 2.09. The molecule has 0 radical (unpaired) electrons. The maximum absolute atomic E-state index is 12.1. The van der Waals surface area contributed by atoms with E-state index in [1.165, 1.54) is 11.3 Å². The van der Waals surface area contributed by atoms with Crippen molar-refractivity contribution in [3.63, 3.8) is 0 Å². The highest BCUT2D eigenvalue weighted by atomic mass is 32.1. The van der Waals surface area contributed by atoms with Crippen molar-refractivity contribution < 1.29 is 9.59 Å². The van der Waals surface area contributed by atoms with Crippen LogP contribution < -0.4 is 10.6 Å². The van der Waals surface area contributed by atoms with Crippen molar-refractivity contribution in [3.8, 4) is 0 Å². The zero-order valence-electron chi connectivity index (χ0n) is 12.0. The van der Waals surface area contributed by atoms with E-state index in [0.29, 0.717) is 21.9 Å². The van der Waals surface area contributed by atoms with Gasteiger partial charge < -0.3 is 10.6 Å². The molecule has 5 nitrogen and oxygen atoms in total. The molecule has 0 aliphatic rings. The zero-order valence-corrected chi connectivity index (χ0v) is 12.8. The molecular formula is C17H13N3O2S. The van der Waals surface area contributed by atoms with Gasteiger partial charge in [-0.3, -0.25) is 14.6 Å². The third-order valence-electron chi connectivity index (χ3n) is 3.02. The molecule has 3 rings (SSSR count). The lowest BCUT2D eigenvalue weighted by atomic mass is 10.2. The lowest BCUT2D eigenvalue weighted by molar-refractivity contribution is 0.101. The van der Waals surface area contributed by atoms with Crippen LogP contribution in [0.2, 0.25) is 0 Å². The Bertz CT molecular complexity index is 817. The van der Waals surface area contributed by atoms with Crippen molar-refractivity contribution in [2.75, 3.05) is 10.6 Å². The first kappa shape index (κ1) is 14.9. The number of carbonyl (C=O) groups excluding carboxylic acids is 2. The van der Waals surface area contributed by atoms with Crippen LogP contribution in [-0.4, -0.2) is 16.8 Å². The molecule has 0 aliphatic carbocycles. The van der Waals surface area contributed by atoms with Gasteiger partial charge in [-0.05, 0) is 41.8 Å². The molecule has 0 saturated heterocycles. The van der Waals surface area contributed by atoms with Gasteiger partial charge in [-0.1, -0.05) is 18.2 Å². The standard InChI is InChI=1S/C17H13N3O2S/c21-16(14-7-1-2-9-18-14)19-12-5-3-6-13(11-12)20-17(22)15-8-4-10-23-15/h1-11H,(H,19,21)(H,20,22). The van der Waals surface area contributed by atoms with E-state index in [2.05, 4.69) is 15.6 Å². The third-order valence-corrected chi connectivity index (χ3v) is 3.89. The summed E-state index contributed by atoms with van der Waals surface area (Å²) in [5, 5.41) is 7.40. The van der Waals surface area contributed by atoms with Gasteiger partial charge in [-0.2, -0.15) is 0 Å². The molecule has 2 amide bonds. The van der Waals surface area contributed by atoms with E-state index in [9.17, 15) is 9.59 Å². The molecule has 2 aromatic heterocycles. The van der Waals surface area contributed by atoms with Crippen LogP contribution in [0, 0.1) is 0 Å². The SMILES string of the molecule is O=C(Nc1cccc(NC(=O)c2cccs2)c1)c1ccccn1. The van der Waals surface area contributed by atoms with E-state index in [0.717, 1.165) is 0 Å². The molecule has 0 aliphatic heterocycles. The summed E-state index contributed by atoms with van der Waals surface area (Å²) >= 11 is 1.37. The van der Waals surface area contributed by atoms with Crippen molar-refractivity contribution in [1.29, 1.82) is 0 Å². The van der Waals surface area contributed by atoms with E-state index < -0.39 is 0 Å². The molecule has 0 saturated carbocycles. The number of anilines is 2. The van der Waals surface area contributed by atoms with Gasteiger partial charge in [0, 0.05) is 17.6 Å². The Kier molecular flexibility index (Phi) is 4.44. The summed E-state index contributed by atoms with van der Waals surface area (Å²) in [7, 11) is 0. The molecule has 2 heterocycles. The minimum Gasteiger partial charge on any atom is -0.321 e. The van der Waals surface area contributed by atoms with Crippen molar-refractivity contribution in [1.82, 2.24) is 4.98 Å². The molecule has 0 bridgehead atoms. The quantitative estimate of drug-likeness (QED) is 0.770. The fourth-order valence-corrected chi connectivity index (χ4v) is 2.59. The summed E-state index contributed by atoms with van der Waals surface area (Å²) in [6, 6.07) is 15.7. The molecule has 0 atom stereocenters. The molecule has 3 aromatic rings. The second-order valence-corrected chi connectivity index (χ2v) is 5.63. The van der Waals surface area contributed by atoms with E-state index >= 15 is 0 Å². The summed E-state index contributed by atoms with van der Waals surface area (Å²) < 4.78 is 0. The smallest absolute Gasteiger partial charge is 0.274 e. The van der Waals surface area contributed by atoms with Gasteiger partial charge in [-0.25, -0.2) is 0 Å². The number of aromatic nitrogens is 1. The van der Waals surface area contributed by atoms with Gasteiger partial charge in [0.05, 0.1) is 4.88 Å². The van der Waals surface area contributed by atoms with E-state index in [4.69, 9.17) is 0 Å². The third kappa shape index (κ3) is 3.81. The fourth-order valence-electron chi connectivity index (χ4n) is 1.97. The number of benzene rings is 1. The predicted octanol–water partition coefficient (Wildman–Crippen LogP) is 3.65. The van der Waals surface area contributed by atoms with Crippen molar-refractivity contribution in [2.45, 2.75) is 0 Å². The molecule has 1 aromatic carbocycles. The van der Waals surface area contributed by atoms with Crippen LogP contribution in [0.1, 0.15) is 20.2 Å². The molecule has 23 heavy (non-hydrogen) atoms. The molecular weight excluding hydrogens is 310 g/mol. The van der Waals surface area contributed by atoms with Gasteiger partial charge in [0.15, 0.2) is 0 Å². The van der Waals surface area contributed by atoms with Crippen LogP contribution in [0.4, 0.5) is 11.4 Å². The zero-order chi connectivity index (χ0) is 16.1. The van der Waals surface area contributed by atoms with Crippen LogP contribution in [0.25, 0.3) is 0 Å². The molecule has 0 spiro atoms. The first-order chi connectivity index (χ1) is 11.2. The molecule has 6 heteroatoms. The number of hydrogen-bond donors (Lipinski definition) is 2. The predicted molar refractivity (Wildman–Crippen MR) is 90.9 cm³/mol. The second-order valence-electron chi connectivity index (χ2n) is 4.68. The van der Waals surface area contributed by atoms with Crippen LogP contribution in [0.5, 0.6) is 0 Å². The minimum atomic E-state index is -0.299. The van der Waals surface area contributed by atoms with Gasteiger partial charge in [-0.15, -0.1) is 11.3 Å². The number of hydrogen-bond acceptors (Lipinski definition) is 4. The Morgan fingerprint density at radius 3 is 2.30 bits per heavy atom. The monoisotopic (exact) mass is 323 g/mol. The molecule has 0 fully saturated rings. The number of nitrogens with one attached hydrogen (secondary N) is 2. The number of rotatable bonds is 4. The topological polar surface area (TPSA) is 71.1 Å². The van der Waals surface area contributed by atoms with Crippen molar-refractivity contribution in [2.24, 2.45) is 0 Å². The number of pyridine rings is 1. The Morgan fingerprint density at radius 2 is 1.65 bits per heavy atom. The molecule has 0 unspecified atom stereocenters. The molecule has 114 valence electrons. The van der Waals surface area contributed by atoms with Crippen LogP contribution in [0.15, 0.2) is 66.2 Å². The highest BCUT2D eigenvalue weighted by Crippen LogP contribution is 2.18. The van der Waals surface area contributed by atoms with Crippen LogP contribution in [0.3, 0.4) is 0 Å². The van der Waals surface area contributed by atoms with Crippen LogP contribution in [-0.2, 0) is 0 Å². The number of carbonyl (C=O) groups is 2. The van der Waals surface area contributed by atoms with Crippen molar-refractivity contribution in [3.05, 3.63) is 76.7 Å². The molecule has 2 N–H and O–H groups in total. The second kappa shape index (κ2) is 6.85. The lowest BCUT2D eigenvalue weighted by Crippen LogP contribution is -2.14. The Labute approximate surface area is 137 Å². The fraction of sp³-hybridized carbons (Fsp3) is 0. The summed E-state index contributed by atoms with van der Waals surface area (Å²) in [4.78, 5) is 28.7. The summed E-state index contributed by atoms with van der Waals surface area (Å²) in [5.74, 6) is -0.472. The number of amides is 2. The largest absolute Gasteiger partial charge is 0.321 e. The van der Waals surface area contributed by atoms with Crippen molar-refractivity contribution >= 4 is 34.5 Å². The average Bonchev–Trinajstić information content (AvgIpc) is 3.10. The average molecular weight is 323 g/mol.